The molecule has 1 amide bonds. The lowest BCUT2D eigenvalue weighted by Crippen LogP contribution is -2.39. The third-order valence-electron chi connectivity index (χ3n) is 5.40. The monoisotopic (exact) mass is 405 g/mol. The second kappa shape index (κ2) is 10.4. The third-order valence-corrected chi connectivity index (χ3v) is 5.40. The maximum absolute atomic E-state index is 12.8. The van der Waals surface area contributed by atoms with Gasteiger partial charge in [0.2, 0.25) is 0 Å². The quantitative estimate of drug-likeness (QED) is 0.557. The average molecular weight is 405 g/mol. The zero-order chi connectivity index (χ0) is 21.3. The molecule has 1 aliphatic heterocycles. The molecule has 156 valence electrons. The molecular formula is C24H27N3O3. The fraction of sp³-hybridized carbons (Fsp3) is 0.333. The van der Waals surface area contributed by atoms with Crippen LogP contribution in [-0.2, 0) is 11.2 Å². The molecule has 0 aliphatic carbocycles. The van der Waals surface area contributed by atoms with Gasteiger partial charge in [0.1, 0.15) is 23.1 Å². The van der Waals surface area contributed by atoms with Crippen LogP contribution in [0, 0.1) is 17.2 Å². The van der Waals surface area contributed by atoms with Gasteiger partial charge in [0.15, 0.2) is 0 Å². The maximum Gasteiger partial charge on any atom is 0.266 e. The number of rotatable bonds is 7. The molecule has 1 fully saturated rings. The number of amides is 1. The van der Waals surface area contributed by atoms with E-state index in [-0.39, 0.29) is 11.5 Å². The highest BCUT2D eigenvalue weighted by Gasteiger charge is 2.25. The summed E-state index contributed by atoms with van der Waals surface area (Å²) in [6.07, 6.45) is 4.36. The van der Waals surface area contributed by atoms with E-state index in [1.807, 2.05) is 12.1 Å². The average Bonchev–Trinajstić information content (AvgIpc) is 2.80. The van der Waals surface area contributed by atoms with Gasteiger partial charge in [-0.1, -0.05) is 30.3 Å². The molecule has 0 aromatic heterocycles. The lowest BCUT2D eigenvalue weighted by molar-refractivity contribution is -0.128. The van der Waals surface area contributed by atoms with Crippen molar-refractivity contribution in [1.82, 2.24) is 4.90 Å². The first-order chi connectivity index (χ1) is 14.6. The van der Waals surface area contributed by atoms with Crippen molar-refractivity contribution in [2.75, 3.05) is 32.6 Å². The standard InChI is InChI=1S/C24H27N3O3/c1-29-21-8-9-22(23(15-21)30-2)26-17-20(16-25)24(28)27-12-10-19(11-13-27)14-18-6-4-3-5-7-18/h3-9,15,17,19,26H,10-14H2,1-2H3/b20-17-. The van der Waals surface area contributed by atoms with E-state index >= 15 is 0 Å². The summed E-state index contributed by atoms with van der Waals surface area (Å²) in [6, 6.07) is 17.8. The molecule has 6 nitrogen and oxygen atoms in total. The Morgan fingerprint density at radius 3 is 2.53 bits per heavy atom. The topological polar surface area (TPSA) is 74.6 Å². The van der Waals surface area contributed by atoms with E-state index in [9.17, 15) is 10.1 Å². The third kappa shape index (κ3) is 5.32. The molecule has 30 heavy (non-hydrogen) atoms. The molecule has 1 N–H and O–H groups in total. The molecule has 2 aromatic rings. The van der Waals surface area contributed by atoms with E-state index in [1.165, 1.54) is 11.8 Å². The molecule has 0 atom stereocenters. The Morgan fingerprint density at radius 2 is 1.90 bits per heavy atom. The largest absolute Gasteiger partial charge is 0.497 e. The zero-order valence-electron chi connectivity index (χ0n) is 17.4. The first-order valence-electron chi connectivity index (χ1n) is 10.1. The van der Waals surface area contributed by atoms with Crippen molar-refractivity contribution in [2.24, 2.45) is 5.92 Å². The van der Waals surface area contributed by atoms with E-state index in [0.29, 0.717) is 36.2 Å². The Kier molecular flexibility index (Phi) is 7.34. The van der Waals surface area contributed by atoms with Crippen LogP contribution in [0.4, 0.5) is 5.69 Å². The minimum absolute atomic E-state index is 0.0781. The number of anilines is 1. The predicted octanol–water partition coefficient (Wildman–Crippen LogP) is 4.00. The minimum Gasteiger partial charge on any atom is -0.497 e. The SMILES string of the molecule is COc1ccc(N/C=C(/C#N)C(=O)N2CCC(Cc3ccccc3)CC2)c(OC)c1. The van der Waals surface area contributed by atoms with E-state index in [4.69, 9.17) is 9.47 Å². The Labute approximate surface area is 177 Å². The molecular weight excluding hydrogens is 378 g/mol. The highest BCUT2D eigenvalue weighted by Crippen LogP contribution is 2.29. The summed E-state index contributed by atoms with van der Waals surface area (Å²) in [7, 11) is 3.14. The lowest BCUT2D eigenvalue weighted by atomic mass is 9.90. The van der Waals surface area contributed by atoms with Crippen molar-refractivity contribution in [2.45, 2.75) is 19.3 Å². The molecule has 2 aromatic carbocycles. The zero-order valence-corrected chi connectivity index (χ0v) is 17.4. The van der Waals surface area contributed by atoms with Gasteiger partial charge in [-0.2, -0.15) is 5.26 Å². The fourth-order valence-electron chi connectivity index (χ4n) is 3.67. The van der Waals surface area contributed by atoms with Crippen LogP contribution < -0.4 is 14.8 Å². The molecule has 1 heterocycles. The number of nitriles is 1. The second-order valence-electron chi connectivity index (χ2n) is 7.31. The van der Waals surface area contributed by atoms with Crippen LogP contribution in [0.25, 0.3) is 0 Å². The van der Waals surface area contributed by atoms with Crippen LogP contribution in [-0.4, -0.2) is 38.1 Å². The van der Waals surface area contributed by atoms with Crippen LogP contribution in [0.15, 0.2) is 60.3 Å². The van der Waals surface area contributed by atoms with Gasteiger partial charge in [-0.05, 0) is 42.9 Å². The number of hydrogen-bond acceptors (Lipinski definition) is 5. The van der Waals surface area contributed by atoms with E-state index in [2.05, 4.69) is 29.6 Å². The van der Waals surface area contributed by atoms with Gasteiger partial charge in [0, 0.05) is 25.4 Å². The summed E-state index contributed by atoms with van der Waals surface area (Å²) in [6.45, 7) is 1.34. The number of ether oxygens (including phenoxy) is 2. The van der Waals surface area contributed by atoms with E-state index in [0.717, 1.165) is 19.3 Å². The van der Waals surface area contributed by atoms with Gasteiger partial charge in [0.25, 0.3) is 5.91 Å². The first-order valence-corrected chi connectivity index (χ1v) is 10.1. The molecule has 0 radical (unpaired) electrons. The number of methoxy groups -OCH3 is 2. The Balaban J connectivity index is 1.59. The second-order valence-corrected chi connectivity index (χ2v) is 7.31. The Hall–Kier alpha value is -3.46. The van der Waals surface area contributed by atoms with Gasteiger partial charge in [0.05, 0.1) is 19.9 Å². The molecule has 3 rings (SSSR count). The van der Waals surface area contributed by atoms with Crippen LogP contribution in [0.2, 0.25) is 0 Å². The van der Waals surface area contributed by atoms with Crippen molar-refractivity contribution in [1.29, 1.82) is 5.26 Å². The number of benzene rings is 2. The van der Waals surface area contributed by atoms with Gasteiger partial charge in [-0.3, -0.25) is 4.79 Å². The lowest BCUT2D eigenvalue weighted by Gasteiger charge is -2.32. The number of hydrogen-bond donors (Lipinski definition) is 1. The van der Waals surface area contributed by atoms with Gasteiger partial charge in [-0.15, -0.1) is 0 Å². The van der Waals surface area contributed by atoms with Crippen LogP contribution in [0.5, 0.6) is 11.5 Å². The smallest absolute Gasteiger partial charge is 0.266 e. The van der Waals surface area contributed by atoms with Gasteiger partial charge >= 0.3 is 0 Å². The summed E-state index contributed by atoms with van der Waals surface area (Å²) in [4.78, 5) is 14.6. The molecule has 0 bridgehead atoms. The van der Waals surface area contributed by atoms with Gasteiger partial charge < -0.3 is 19.7 Å². The summed E-state index contributed by atoms with van der Waals surface area (Å²) in [5.74, 6) is 1.55. The van der Waals surface area contributed by atoms with Crippen LogP contribution in [0.3, 0.4) is 0 Å². The number of nitrogens with zero attached hydrogens (tertiary/aromatic N) is 2. The molecule has 6 heteroatoms. The Bertz CT molecular complexity index is 926. The number of nitrogens with one attached hydrogen (secondary N) is 1. The molecule has 0 spiro atoms. The van der Waals surface area contributed by atoms with E-state index < -0.39 is 0 Å². The summed E-state index contributed by atoms with van der Waals surface area (Å²) in [5.41, 5.74) is 2.06. The van der Waals surface area contributed by atoms with Crippen LogP contribution >= 0.6 is 0 Å². The van der Waals surface area contributed by atoms with Crippen molar-refractivity contribution in [3.05, 3.63) is 65.9 Å². The number of carbonyl (C=O) groups is 1. The number of piperidine rings is 1. The maximum atomic E-state index is 12.8. The molecule has 0 unspecified atom stereocenters. The van der Waals surface area contributed by atoms with Gasteiger partial charge in [-0.25, -0.2) is 0 Å². The number of likely N-dealkylation sites (tertiary alicyclic amines) is 1. The molecule has 1 saturated heterocycles. The molecule has 1 aliphatic rings. The number of carbonyl (C=O) groups excluding carboxylic acids is 1. The highest BCUT2D eigenvalue weighted by atomic mass is 16.5. The summed E-state index contributed by atoms with van der Waals surface area (Å²) >= 11 is 0. The van der Waals surface area contributed by atoms with Crippen LogP contribution in [0.1, 0.15) is 18.4 Å². The minimum atomic E-state index is -0.240. The Morgan fingerprint density at radius 1 is 1.17 bits per heavy atom. The molecule has 0 saturated carbocycles. The summed E-state index contributed by atoms with van der Waals surface area (Å²) in [5, 5.41) is 12.5. The van der Waals surface area contributed by atoms with Crippen molar-refractivity contribution >= 4 is 11.6 Å². The van der Waals surface area contributed by atoms with Crippen molar-refractivity contribution < 1.29 is 14.3 Å². The fourth-order valence-corrected chi connectivity index (χ4v) is 3.67. The summed E-state index contributed by atoms with van der Waals surface area (Å²) < 4.78 is 10.5. The highest BCUT2D eigenvalue weighted by molar-refractivity contribution is 5.97. The van der Waals surface area contributed by atoms with E-state index in [1.54, 1.807) is 37.3 Å². The van der Waals surface area contributed by atoms with Crippen molar-refractivity contribution in [3.8, 4) is 17.6 Å². The predicted molar refractivity (Wildman–Crippen MR) is 116 cm³/mol. The normalized spacial score (nSPS) is 14.7. The van der Waals surface area contributed by atoms with Crippen molar-refractivity contribution in [3.63, 3.8) is 0 Å². The first kappa shape index (κ1) is 21.3.